The molecule has 8 heteroatoms. The number of aryl methyl sites for hydroxylation is 1. The number of halogens is 1. The first-order chi connectivity index (χ1) is 10.2. The van der Waals surface area contributed by atoms with Crippen molar-refractivity contribution in [2.75, 3.05) is 19.3 Å². The smallest absolute Gasteiger partial charge is 0.228 e. The highest BCUT2D eigenvalue weighted by Gasteiger charge is 2.24. The van der Waals surface area contributed by atoms with E-state index >= 15 is 0 Å². The zero-order valence-corrected chi connectivity index (χ0v) is 16.6. The van der Waals surface area contributed by atoms with Crippen LogP contribution in [0.1, 0.15) is 37.9 Å². The van der Waals surface area contributed by atoms with Gasteiger partial charge in [0.1, 0.15) is 0 Å². The van der Waals surface area contributed by atoms with Gasteiger partial charge in [-0.25, -0.2) is 0 Å². The normalized spacial score (nSPS) is 21.5. The predicted molar refractivity (Wildman–Crippen MR) is 102 cm³/mol. The highest BCUT2D eigenvalue weighted by Crippen LogP contribution is 2.27. The summed E-state index contributed by atoms with van der Waals surface area (Å²) in [7, 11) is 0. The van der Waals surface area contributed by atoms with Crippen LogP contribution in [-0.2, 0) is 6.42 Å². The number of aliphatic imine (C=N–C) groups is 1. The van der Waals surface area contributed by atoms with E-state index in [9.17, 15) is 0 Å². The van der Waals surface area contributed by atoms with Crippen molar-refractivity contribution in [1.82, 2.24) is 20.8 Å². The minimum absolute atomic E-state index is 0. The average Bonchev–Trinajstić information content (AvgIpc) is 3.08. The summed E-state index contributed by atoms with van der Waals surface area (Å²) in [5.41, 5.74) is 0. The van der Waals surface area contributed by atoms with Crippen LogP contribution in [0.5, 0.6) is 0 Å². The Labute approximate surface area is 153 Å². The van der Waals surface area contributed by atoms with E-state index in [1.807, 2.05) is 18.7 Å². The molecule has 0 saturated heterocycles. The molecule has 1 aliphatic carbocycles. The molecule has 2 rings (SSSR count). The molecule has 2 unspecified atom stereocenters. The fourth-order valence-electron chi connectivity index (χ4n) is 2.50. The van der Waals surface area contributed by atoms with Crippen LogP contribution in [0.2, 0.25) is 0 Å². The third-order valence-corrected chi connectivity index (χ3v) is 4.66. The van der Waals surface area contributed by atoms with E-state index in [1.54, 1.807) is 0 Å². The molecule has 1 aromatic heterocycles. The average molecular weight is 439 g/mol. The van der Waals surface area contributed by atoms with Crippen molar-refractivity contribution >= 4 is 41.7 Å². The fourth-order valence-corrected chi connectivity index (χ4v) is 3.30. The molecule has 22 heavy (non-hydrogen) atoms. The molecule has 2 atom stereocenters. The van der Waals surface area contributed by atoms with E-state index in [-0.39, 0.29) is 24.0 Å². The van der Waals surface area contributed by atoms with Crippen molar-refractivity contribution < 1.29 is 4.52 Å². The molecular weight excluding hydrogens is 413 g/mol. The predicted octanol–water partition coefficient (Wildman–Crippen LogP) is 2.38. The molecule has 6 nitrogen and oxygen atoms in total. The van der Waals surface area contributed by atoms with Gasteiger partial charge in [0.15, 0.2) is 11.8 Å². The number of aromatic nitrogens is 2. The number of nitrogens with zero attached hydrogens (tertiary/aromatic N) is 3. The zero-order valence-electron chi connectivity index (χ0n) is 13.5. The molecule has 0 amide bonds. The lowest BCUT2D eigenvalue weighted by molar-refractivity contribution is 0.376. The summed E-state index contributed by atoms with van der Waals surface area (Å²) in [5, 5.41) is 11.4. The maximum atomic E-state index is 5.09. The molecule has 1 fully saturated rings. The third-order valence-electron chi connectivity index (χ3n) is 3.57. The second kappa shape index (κ2) is 10.3. The van der Waals surface area contributed by atoms with Gasteiger partial charge >= 0.3 is 0 Å². The van der Waals surface area contributed by atoms with Crippen LogP contribution in [0.3, 0.4) is 0 Å². The first-order valence-corrected chi connectivity index (χ1v) is 8.87. The van der Waals surface area contributed by atoms with E-state index in [1.165, 1.54) is 19.3 Å². The summed E-state index contributed by atoms with van der Waals surface area (Å²) in [6, 6.07) is 0.533. The van der Waals surface area contributed by atoms with E-state index < -0.39 is 0 Å². The van der Waals surface area contributed by atoms with Gasteiger partial charge in [-0.15, -0.1) is 24.0 Å². The van der Waals surface area contributed by atoms with Crippen LogP contribution in [0, 0.1) is 6.92 Å². The van der Waals surface area contributed by atoms with Gasteiger partial charge in [0.25, 0.3) is 0 Å². The van der Waals surface area contributed by atoms with Crippen molar-refractivity contribution in [3.05, 3.63) is 11.7 Å². The monoisotopic (exact) mass is 439 g/mol. The van der Waals surface area contributed by atoms with Crippen molar-refractivity contribution in [1.29, 1.82) is 0 Å². The number of guanidine groups is 1. The maximum absolute atomic E-state index is 5.09. The third kappa shape index (κ3) is 6.31. The lowest BCUT2D eigenvalue weighted by atomic mass is 10.2. The summed E-state index contributed by atoms with van der Waals surface area (Å²) in [4.78, 5) is 8.78. The molecule has 0 aliphatic heterocycles. The Morgan fingerprint density at radius 1 is 1.45 bits per heavy atom. The topological polar surface area (TPSA) is 75.3 Å². The van der Waals surface area contributed by atoms with Crippen LogP contribution in [0.25, 0.3) is 0 Å². The number of hydrogen-bond donors (Lipinski definition) is 2. The Morgan fingerprint density at radius 3 is 2.86 bits per heavy atom. The van der Waals surface area contributed by atoms with E-state index in [0.717, 1.165) is 17.8 Å². The van der Waals surface area contributed by atoms with Crippen LogP contribution in [-0.4, -0.2) is 46.7 Å². The van der Waals surface area contributed by atoms with E-state index in [2.05, 4.69) is 38.9 Å². The van der Waals surface area contributed by atoms with Gasteiger partial charge < -0.3 is 15.2 Å². The molecule has 1 saturated carbocycles. The largest absolute Gasteiger partial charge is 0.357 e. The van der Waals surface area contributed by atoms with Crippen molar-refractivity contribution in [2.24, 2.45) is 4.99 Å². The Hall–Kier alpha value is -0.510. The van der Waals surface area contributed by atoms with Gasteiger partial charge in [-0.3, -0.25) is 4.99 Å². The van der Waals surface area contributed by atoms with Crippen LogP contribution in [0.15, 0.2) is 9.52 Å². The summed E-state index contributed by atoms with van der Waals surface area (Å²) < 4.78 is 5.09. The lowest BCUT2D eigenvalue weighted by Gasteiger charge is -2.17. The van der Waals surface area contributed by atoms with Crippen LogP contribution in [0.4, 0.5) is 0 Å². The highest BCUT2D eigenvalue weighted by atomic mass is 127. The van der Waals surface area contributed by atoms with Crippen molar-refractivity contribution in [3.63, 3.8) is 0 Å². The molecular formula is C14H26IN5OS. The molecule has 2 N–H and O–H groups in total. The van der Waals surface area contributed by atoms with Gasteiger partial charge in [0.2, 0.25) is 5.89 Å². The summed E-state index contributed by atoms with van der Waals surface area (Å²) in [5.74, 6) is 2.21. The SMILES string of the molecule is CCNC(=NCCc1nc(C)no1)NC1CCC(SC)C1.I. The number of rotatable bonds is 6. The second-order valence-electron chi connectivity index (χ2n) is 5.26. The standard InChI is InChI=1S/C14H25N5OS.HI/c1-4-15-14(18-11-5-6-12(9-11)21-3)16-8-7-13-17-10(2)19-20-13;/h11-12H,4-9H2,1-3H3,(H2,15,16,18);1H. The Balaban J connectivity index is 0.00000242. The molecule has 0 aromatic carbocycles. The zero-order chi connectivity index (χ0) is 15.1. The summed E-state index contributed by atoms with van der Waals surface area (Å²) >= 11 is 1.97. The molecule has 1 heterocycles. The number of hydrogen-bond acceptors (Lipinski definition) is 5. The molecule has 0 bridgehead atoms. The van der Waals surface area contributed by atoms with E-state index in [4.69, 9.17) is 4.52 Å². The Bertz CT molecular complexity index is 468. The Morgan fingerprint density at radius 2 is 2.27 bits per heavy atom. The number of thioether (sulfide) groups is 1. The quantitative estimate of drug-likeness (QED) is 0.403. The summed E-state index contributed by atoms with van der Waals surface area (Å²) in [6.07, 6.45) is 6.60. The van der Waals surface area contributed by atoms with Crippen molar-refractivity contribution in [2.45, 2.75) is 50.8 Å². The molecule has 1 aliphatic rings. The molecule has 1 aromatic rings. The maximum Gasteiger partial charge on any atom is 0.228 e. The van der Waals surface area contributed by atoms with Gasteiger partial charge in [-0.05, 0) is 39.4 Å². The molecule has 0 spiro atoms. The van der Waals surface area contributed by atoms with Crippen LogP contribution < -0.4 is 10.6 Å². The van der Waals surface area contributed by atoms with Crippen molar-refractivity contribution in [3.8, 4) is 0 Å². The van der Waals surface area contributed by atoms with Gasteiger partial charge in [-0.2, -0.15) is 16.7 Å². The Kier molecular flexibility index (Phi) is 9.15. The van der Waals surface area contributed by atoms with Crippen LogP contribution >= 0.6 is 35.7 Å². The minimum atomic E-state index is 0. The van der Waals surface area contributed by atoms with E-state index in [0.29, 0.717) is 30.7 Å². The summed E-state index contributed by atoms with van der Waals surface area (Å²) in [6.45, 7) is 5.42. The second-order valence-corrected chi connectivity index (χ2v) is 6.40. The lowest BCUT2D eigenvalue weighted by Crippen LogP contribution is -2.42. The molecule has 126 valence electrons. The highest BCUT2D eigenvalue weighted by molar-refractivity contribution is 14.0. The van der Waals surface area contributed by atoms with Gasteiger partial charge in [0, 0.05) is 24.3 Å². The number of nitrogens with one attached hydrogen (secondary N) is 2. The van der Waals surface area contributed by atoms with Gasteiger partial charge in [-0.1, -0.05) is 5.16 Å². The fraction of sp³-hybridized carbons (Fsp3) is 0.786. The first kappa shape index (κ1) is 19.5. The molecule has 0 radical (unpaired) electrons. The first-order valence-electron chi connectivity index (χ1n) is 7.58. The van der Waals surface area contributed by atoms with Gasteiger partial charge in [0.05, 0.1) is 6.54 Å². The minimum Gasteiger partial charge on any atom is -0.357 e.